The summed E-state index contributed by atoms with van der Waals surface area (Å²) in [5.74, 6) is 0.404. The maximum absolute atomic E-state index is 13.7. The Labute approximate surface area is 206 Å². The molecule has 0 N–H and O–H groups in total. The van der Waals surface area contributed by atoms with Crippen molar-refractivity contribution >= 4 is 34.2 Å². The molecule has 1 atom stereocenters. The topological polar surface area (TPSA) is 69.3 Å². The first-order valence-electron chi connectivity index (χ1n) is 11.3. The number of Topliss-reactive ketones (excluding diaryl/α,β-unsaturated/α-hetero) is 1. The number of fused-ring (bicyclic) bond motifs is 3. The van der Waals surface area contributed by atoms with Crippen LogP contribution in [-0.2, 0) is 6.54 Å². The molecule has 6 nitrogen and oxygen atoms in total. The van der Waals surface area contributed by atoms with Gasteiger partial charge in [-0.15, -0.1) is 16.8 Å². The minimum atomic E-state index is -0.538. The number of para-hydroxylation sites is 1. The molecule has 5 rings (SSSR count). The number of ketones is 1. The van der Waals surface area contributed by atoms with E-state index in [9.17, 15) is 9.59 Å². The number of carbonyl (C=O) groups is 1. The van der Waals surface area contributed by atoms with E-state index in [0.717, 1.165) is 16.7 Å². The Balaban J connectivity index is 1.69. The van der Waals surface area contributed by atoms with Crippen molar-refractivity contribution in [1.29, 1.82) is 0 Å². The molecule has 0 bridgehead atoms. The number of aromatic nitrogens is 4. The summed E-state index contributed by atoms with van der Waals surface area (Å²) in [6.07, 6.45) is 1.66. The fourth-order valence-corrected chi connectivity index (χ4v) is 5.21. The number of hydrogen-bond acceptors (Lipinski definition) is 5. The number of carbonyl (C=O) groups excluding carboxylic acids is 1. The Morgan fingerprint density at radius 1 is 0.971 bits per heavy atom. The Morgan fingerprint density at radius 2 is 1.63 bits per heavy atom. The van der Waals surface area contributed by atoms with Crippen LogP contribution in [0.3, 0.4) is 0 Å². The monoisotopic (exact) mass is 480 g/mol. The molecule has 0 saturated carbocycles. The van der Waals surface area contributed by atoms with Gasteiger partial charge < -0.3 is 0 Å². The molecule has 2 heterocycles. The highest BCUT2D eigenvalue weighted by atomic mass is 32.2. The van der Waals surface area contributed by atoms with Crippen LogP contribution in [0.4, 0.5) is 0 Å². The Bertz CT molecular complexity index is 1620. The van der Waals surface area contributed by atoms with Gasteiger partial charge in [0.2, 0.25) is 5.78 Å². The van der Waals surface area contributed by atoms with Crippen molar-refractivity contribution in [3.63, 3.8) is 0 Å². The van der Waals surface area contributed by atoms with Crippen LogP contribution >= 0.6 is 11.8 Å². The molecule has 3 aromatic carbocycles. The summed E-state index contributed by atoms with van der Waals surface area (Å²) in [6, 6.07) is 22.9. The summed E-state index contributed by atoms with van der Waals surface area (Å²) in [5, 5.41) is 9.34. The van der Waals surface area contributed by atoms with E-state index in [1.54, 1.807) is 16.7 Å². The summed E-state index contributed by atoms with van der Waals surface area (Å²) in [6.45, 7) is 8.10. The fourth-order valence-electron chi connectivity index (χ4n) is 4.09. The lowest BCUT2D eigenvalue weighted by molar-refractivity contribution is 0.0989. The number of rotatable bonds is 7. The lowest BCUT2D eigenvalue weighted by Gasteiger charge is -2.16. The average Bonchev–Trinajstić information content (AvgIpc) is 3.29. The lowest BCUT2D eigenvalue weighted by atomic mass is 10.0. The van der Waals surface area contributed by atoms with Gasteiger partial charge in [-0.2, -0.15) is 0 Å². The van der Waals surface area contributed by atoms with Gasteiger partial charge in [0, 0.05) is 12.1 Å². The molecule has 0 unspecified atom stereocenters. The van der Waals surface area contributed by atoms with Crippen molar-refractivity contribution in [2.75, 3.05) is 0 Å². The van der Waals surface area contributed by atoms with E-state index in [4.69, 9.17) is 0 Å². The van der Waals surface area contributed by atoms with Gasteiger partial charge in [-0.1, -0.05) is 89.6 Å². The second kappa shape index (κ2) is 9.35. The quantitative estimate of drug-likeness (QED) is 0.173. The average molecular weight is 481 g/mol. The molecule has 5 aromatic rings. The first-order chi connectivity index (χ1) is 17.0. The summed E-state index contributed by atoms with van der Waals surface area (Å²) in [5.41, 5.74) is 4.28. The van der Waals surface area contributed by atoms with Crippen LogP contribution in [0, 0.1) is 13.8 Å². The Kier molecular flexibility index (Phi) is 6.09. The third kappa shape index (κ3) is 4.19. The molecule has 0 aliphatic carbocycles. The minimum absolute atomic E-state index is 0.0145. The molecule has 0 aliphatic heterocycles. The normalized spacial score (nSPS) is 12.2. The number of aryl methyl sites for hydroxylation is 2. The van der Waals surface area contributed by atoms with Gasteiger partial charge >= 0.3 is 0 Å². The van der Waals surface area contributed by atoms with Crippen molar-refractivity contribution in [2.45, 2.75) is 30.8 Å². The minimum Gasteiger partial charge on any atom is -0.293 e. The molecular formula is C28H24N4O2S. The van der Waals surface area contributed by atoms with Crippen LogP contribution in [0.15, 0.2) is 95.4 Å². The number of nitrogens with zero attached hydrogens (tertiary/aromatic N) is 4. The zero-order chi connectivity index (χ0) is 24.5. The number of allylic oxidation sites excluding steroid dienone is 1. The second-order valence-electron chi connectivity index (χ2n) is 8.48. The molecule has 0 spiro atoms. The summed E-state index contributed by atoms with van der Waals surface area (Å²) in [7, 11) is 0. The summed E-state index contributed by atoms with van der Waals surface area (Å²) >= 11 is 1.34. The highest BCUT2D eigenvalue weighted by Gasteiger charge is 2.27. The summed E-state index contributed by atoms with van der Waals surface area (Å²) < 4.78 is 3.41. The van der Waals surface area contributed by atoms with Crippen molar-refractivity contribution in [2.24, 2.45) is 0 Å². The van der Waals surface area contributed by atoms with E-state index in [-0.39, 0.29) is 11.3 Å². The van der Waals surface area contributed by atoms with Crippen LogP contribution in [0.2, 0.25) is 0 Å². The van der Waals surface area contributed by atoms with Gasteiger partial charge in [0.15, 0.2) is 10.9 Å². The van der Waals surface area contributed by atoms with Crippen LogP contribution in [0.1, 0.15) is 32.3 Å². The van der Waals surface area contributed by atoms with Crippen molar-refractivity contribution in [3.05, 3.63) is 118 Å². The molecule has 0 saturated heterocycles. The second-order valence-corrected chi connectivity index (χ2v) is 9.55. The fraction of sp³-hybridized carbons (Fsp3) is 0.143. The van der Waals surface area contributed by atoms with Gasteiger partial charge in [-0.05, 0) is 31.5 Å². The Morgan fingerprint density at radius 3 is 2.31 bits per heavy atom. The molecule has 0 amide bonds. The van der Waals surface area contributed by atoms with E-state index in [1.807, 2.05) is 85.0 Å². The van der Waals surface area contributed by atoms with E-state index < -0.39 is 5.25 Å². The Hall–Kier alpha value is -3.97. The SMILES string of the molecule is C=CCn1c(=O)c2ccccc2n2c(S[C@H](C(=O)c3ccc(C)cc3)c3ccc(C)cc3)nnc12. The highest BCUT2D eigenvalue weighted by Crippen LogP contribution is 2.38. The number of benzene rings is 3. The van der Waals surface area contributed by atoms with Crippen LogP contribution in [0.5, 0.6) is 0 Å². The van der Waals surface area contributed by atoms with E-state index in [1.165, 1.54) is 11.8 Å². The van der Waals surface area contributed by atoms with E-state index >= 15 is 0 Å². The molecule has 174 valence electrons. The molecule has 0 radical (unpaired) electrons. The predicted molar refractivity (Wildman–Crippen MR) is 140 cm³/mol. The third-order valence-corrected chi connectivity index (χ3v) is 7.16. The third-order valence-electron chi connectivity index (χ3n) is 5.97. The first kappa shape index (κ1) is 22.8. The van der Waals surface area contributed by atoms with Gasteiger partial charge in [-0.25, -0.2) is 0 Å². The molecular weight excluding hydrogens is 456 g/mol. The first-order valence-corrected chi connectivity index (χ1v) is 12.2. The van der Waals surface area contributed by atoms with E-state index in [2.05, 4.69) is 16.8 Å². The van der Waals surface area contributed by atoms with Crippen LogP contribution in [0.25, 0.3) is 16.7 Å². The molecule has 35 heavy (non-hydrogen) atoms. The molecule has 2 aromatic heterocycles. The number of hydrogen-bond donors (Lipinski definition) is 0. The maximum atomic E-state index is 13.7. The van der Waals surface area contributed by atoms with Crippen molar-refractivity contribution < 1.29 is 4.79 Å². The van der Waals surface area contributed by atoms with Gasteiger partial charge in [0.05, 0.1) is 10.9 Å². The number of thioether (sulfide) groups is 1. The van der Waals surface area contributed by atoms with Crippen molar-refractivity contribution in [3.8, 4) is 0 Å². The van der Waals surface area contributed by atoms with Gasteiger partial charge in [0.1, 0.15) is 5.25 Å². The maximum Gasteiger partial charge on any atom is 0.263 e. The predicted octanol–water partition coefficient (Wildman–Crippen LogP) is 5.56. The van der Waals surface area contributed by atoms with E-state index in [0.29, 0.717) is 33.9 Å². The standard InChI is InChI=1S/C28H24N4O2S/c1-4-17-31-26(34)22-7-5-6-8-23(22)32-27(31)29-30-28(32)35-25(21-15-11-19(3)12-16-21)24(33)20-13-9-18(2)10-14-20/h4-16,25H,1,17H2,2-3H3/t25-/m0/s1. The lowest BCUT2D eigenvalue weighted by Crippen LogP contribution is -2.22. The van der Waals surface area contributed by atoms with Crippen LogP contribution in [-0.4, -0.2) is 24.9 Å². The van der Waals surface area contributed by atoms with Gasteiger partial charge in [-0.3, -0.25) is 18.6 Å². The largest absolute Gasteiger partial charge is 0.293 e. The zero-order valence-electron chi connectivity index (χ0n) is 19.5. The van der Waals surface area contributed by atoms with Crippen LogP contribution < -0.4 is 5.56 Å². The molecule has 7 heteroatoms. The molecule has 0 aliphatic rings. The zero-order valence-corrected chi connectivity index (χ0v) is 20.3. The summed E-state index contributed by atoms with van der Waals surface area (Å²) in [4.78, 5) is 26.9. The highest BCUT2D eigenvalue weighted by molar-refractivity contribution is 8.00. The molecule has 0 fully saturated rings. The van der Waals surface area contributed by atoms with Crippen molar-refractivity contribution in [1.82, 2.24) is 19.2 Å². The van der Waals surface area contributed by atoms with Gasteiger partial charge in [0.25, 0.3) is 5.56 Å². The smallest absolute Gasteiger partial charge is 0.263 e.